The monoisotopic (exact) mass is 296 g/mol. The van der Waals surface area contributed by atoms with Crippen LogP contribution in [-0.4, -0.2) is 11.4 Å². The van der Waals surface area contributed by atoms with Gasteiger partial charge in [0.25, 0.3) is 0 Å². The molecular formula is C20H28N2. The van der Waals surface area contributed by atoms with Crippen LogP contribution in [0, 0.1) is 47.3 Å². The minimum atomic E-state index is 0.833. The SMILES string of the molecule is C1C[C@@H]2[C@@H](C1)[C@@H]1C/C(=N/N=C3/C[C@H]4C[C@H]3[C@H]3CCC[C@H]43)[C@@H]2C1. The van der Waals surface area contributed by atoms with Gasteiger partial charge < -0.3 is 0 Å². The summed E-state index contributed by atoms with van der Waals surface area (Å²) in [6, 6.07) is 0. The lowest BCUT2D eigenvalue weighted by Crippen LogP contribution is -2.25. The Labute approximate surface area is 133 Å². The van der Waals surface area contributed by atoms with E-state index in [0.29, 0.717) is 0 Å². The van der Waals surface area contributed by atoms with Crippen molar-refractivity contribution in [3.05, 3.63) is 0 Å². The van der Waals surface area contributed by atoms with Gasteiger partial charge in [-0.25, -0.2) is 0 Å². The van der Waals surface area contributed by atoms with Crippen LogP contribution in [0.1, 0.15) is 64.2 Å². The minimum absolute atomic E-state index is 0.833. The molecule has 2 nitrogen and oxygen atoms in total. The highest BCUT2D eigenvalue weighted by molar-refractivity contribution is 5.93. The molecule has 4 bridgehead atoms. The molecule has 6 rings (SSSR count). The first-order valence-corrected chi connectivity index (χ1v) is 10.0. The number of fused-ring (bicyclic) bond motifs is 10. The fourth-order valence-electron chi connectivity index (χ4n) is 7.99. The molecule has 6 saturated carbocycles. The number of rotatable bonds is 1. The summed E-state index contributed by atoms with van der Waals surface area (Å²) >= 11 is 0. The van der Waals surface area contributed by atoms with Crippen molar-refractivity contribution in [1.29, 1.82) is 0 Å². The Morgan fingerprint density at radius 2 is 1.05 bits per heavy atom. The Kier molecular flexibility index (Phi) is 2.57. The van der Waals surface area contributed by atoms with E-state index >= 15 is 0 Å². The topological polar surface area (TPSA) is 24.7 Å². The van der Waals surface area contributed by atoms with Crippen molar-refractivity contribution in [2.45, 2.75) is 64.2 Å². The fourth-order valence-corrected chi connectivity index (χ4v) is 7.99. The van der Waals surface area contributed by atoms with E-state index in [0.717, 1.165) is 47.3 Å². The maximum atomic E-state index is 4.89. The molecule has 0 aromatic heterocycles. The van der Waals surface area contributed by atoms with Gasteiger partial charge in [-0.15, -0.1) is 0 Å². The van der Waals surface area contributed by atoms with Gasteiger partial charge in [-0.2, -0.15) is 10.2 Å². The third kappa shape index (κ3) is 1.57. The Balaban J connectivity index is 1.24. The van der Waals surface area contributed by atoms with Crippen molar-refractivity contribution < 1.29 is 0 Å². The van der Waals surface area contributed by atoms with Crippen molar-refractivity contribution >= 4 is 11.4 Å². The van der Waals surface area contributed by atoms with Gasteiger partial charge in [0.05, 0.1) is 0 Å². The van der Waals surface area contributed by atoms with Gasteiger partial charge in [0.15, 0.2) is 0 Å². The lowest BCUT2D eigenvalue weighted by molar-refractivity contribution is 0.331. The summed E-state index contributed by atoms with van der Waals surface area (Å²) in [5, 5.41) is 9.77. The van der Waals surface area contributed by atoms with E-state index in [4.69, 9.17) is 10.2 Å². The van der Waals surface area contributed by atoms with E-state index < -0.39 is 0 Å². The summed E-state index contributed by atoms with van der Waals surface area (Å²) in [4.78, 5) is 0. The zero-order chi connectivity index (χ0) is 14.3. The third-order valence-corrected chi connectivity index (χ3v) is 8.71. The fraction of sp³-hybridized carbons (Fsp3) is 0.900. The zero-order valence-electron chi connectivity index (χ0n) is 13.6. The molecule has 6 fully saturated rings. The molecule has 0 unspecified atom stereocenters. The second-order valence-corrected chi connectivity index (χ2v) is 9.31. The standard InChI is InChI=1S/C20H28N2/c1-3-13-11-7-17(15(13)5-1)19(9-11)21-22-20-10-12-8-18(20)16-6-2-4-14(12)16/h11-18H,1-10H2/b21-19-,22-20-/t11-,12+,13-,14+,15+,16-,17+,18-. The van der Waals surface area contributed by atoms with E-state index in [2.05, 4.69) is 0 Å². The number of hydrogen-bond acceptors (Lipinski definition) is 2. The van der Waals surface area contributed by atoms with Crippen molar-refractivity contribution in [3.63, 3.8) is 0 Å². The summed E-state index contributed by atoms with van der Waals surface area (Å²) in [5.74, 6) is 7.76. The molecule has 0 aromatic carbocycles. The van der Waals surface area contributed by atoms with Crippen molar-refractivity contribution in [2.75, 3.05) is 0 Å². The van der Waals surface area contributed by atoms with Gasteiger partial charge in [0.2, 0.25) is 0 Å². The van der Waals surface area contributed by atoms with Gasteiger partial charge in [-0.3, -0.25) is 0 Å². The van der Waals surface area contributed by atoms with Crippen LogP contribution in [0.15, 0.2) is 10.2 Å². The van der Waals surface area contributed by atoms with Crippen molar-refractivity contribution in [1.82, 2.24) is 0 Å². The lowest BCUT2D eigenvalue weighted by atomic mass is 9.80. The Morgan fingerprint density at radius 3 is 1.55 bits per heavy atom. The zero-order valence-corrected chi connectivity index (χ0v) is 13.6. The Bertz CT molecular complexity index is 512. The van der Waals surface area contributed by atoms with Crippen LogP contribution in [0.5, 0.6) is 0 Å². The van der Waals surface area contributed by atoms with Crippen LogP contribution in [-0.2, 0) is 0 Å². The number of hydrogen-bond donors (Lipinski definition) is 0. The Hall–Kier alpha value is -0.660. The molecule has 0 amide bonds. The highest BCUT2D eigenvalue weighted by Crippen LogP contribution is 2.59. The van der Waals surface area contributed by atoms with Gasteiger partial charge in [-0.05, 0) is 86.9 Å². The summed E-state index contributed by atoms with van der Waals surface area (Å²) < 4.78 is 0. The van der Waals surface area contributed by atoms with Gasteiger partial charge >= 0.3 is 0 Å². The molecule has 0 heterocycles. The maximum absolute atomic E-state index is 4.89. The lowest BCUT2D eigenvalue weighted by Gasteiger charge is -2.26. The maximum Gasteiger partial charge on any atom is 0.0442 e. The molecule has 6 aliphatic carbocycles. The predicted octanol–water partition coefficient (Wildman–Crippen LogP) is 4.70. The number of nitrogens with zero attached hydrogens (tertiary/aromatic N) is 2. The first kappa shape index (κ1) is 12.7. The summed E-state index contributed by atoms with van der Waals surface area (Å²) in [5.41, 5.74) is 3.01. The Morgan fingerprint density at radius 1 is 0.591 bits per heavy atom. The normalized spacial score (nSPS) is 58.2. The van der Waals surface area contributed by atoms with Gasteiger partial charge in [-0.1, -0.05) is 12.8 Å². The quantitative estimate of drug-likeness (QED) is 0.627. The molecule has 8 atom stereocenters. The largest absolute Gasteiger partial charge is 0.160 e. The average Bonchev–Trinajstić information content (AvgIpc) is 3.33. The first-order valence-electron chi connectivity index (χ1n) is 10.0. The van der Waals surface area contributed by atoms with Crippen LogP contribution in [0.25, 0.3) is 0 Å². The second kappa shape index (κ2) is 4.45. The van der Waals surface area contributed by atoms with Gasteiger partial charge in [0, 0.05) is 23.3 Å². The van der Waals surface area contributed by atoms with Crippen molar-refractivity contribution in [2.24, 2.45) is 57.5 Å². The predicted molar refractivity (Wildman–Crippen MR) is 89.0 cm³/mol. The first-order chi connectivity index (χ1) is 10.9. The highest BCUT2D eigenvalue weighted by Gasteiger charge is 2.54. The second-order valence-electron chi connectivity index (χ2n) is 9.31. The van der Waals surface area contributed by atoms with Crippen LogP contribution < -0.4 is 0 Å². The molecule has 0 aliphatic heterocycles. The van der Waals surface area contributed by atoms with E-state index in [1.165, 1.54) is 75.6 Å². The minimum Gasteiger partial charge on any atom is -0.160 e. The summed E-state index contributed by atoms with van der Waals surface area (Å²) in [7, 11) is 0. The molecule has 22 heavy (non-hydrogen) atoms. The molecule has 2 heteroatoms. The van der Waals surface area contributed by atoms with E-state index in [1.54, 1.807) is 0 Å². The van der Waals surface area contributed by atoms with Crippen LogP contribution in [0.3, 0.4) is 0 Å². The highest BCUT2D eigenvalue weighted by atomic mass is 15.2. The van der Waals surface area contributed by atoms with Crippen LogP contribution in [0.2, 0.25) is 0 Å². The van der Waals surface area contributed by atoms with Crippen molar-refractivity contribution in [3.8, 4) is 0 Å². The van der Waals surface area contributed by atoms with E-state index in [1.807, 2.05) is 0 Å². The van der Waals surface area contributed by atoms with E-state index in [9.17, 15) is 0 Å². The molecule has 0 N–H and O–H groups in total. The molecule has 118 valence electrons. The summed E-state index contributed by atoms with van der Waals surface area (Å²) in [6.07, 6.45) is 14.5. The third-order valence-electron chi connectivity index (χ3n) is 8.71. The average molecular weight is 296 g/mol. The summed E-state index contributed by atoms with van der Waals surface area (Å²) in [6.45, 7) is 0. The molecule has 0 aromatic rings. The van der Waals surface area contributed by atoms with E-state index in [-0.39, 0.29) is 0 Å². The molecule has 0 spiro atoms. The smallest absolute Gasteiger partial charge is 0.0442 e. The van der Waals surface area contributed by atoms with Crippen LogP contribution >= 0.6 is 0 Å². The molecule has 6 aliphatic rings. The molecule has 0 saturated heterocycles. The molecule has 0 radical (unpaired) electrons. The van der Waals surface area contributed by atoms with Gasteiger partial charge in [0.1, 0.15) is 0 Å². The van der Waals surface area contributed by atoms with Crippen LogP contribution in [0.4, 0.5) is 0 Å². The molecular weight excluding hydrogens is 268 g/mol.